The van der Waals surface area contributed by atoms with Gasteiger partial charge in [-0.15, -0.1) is 0 Å². The summed E-state index contributed by atoms with van der Waals surface area (Å²) >= 11 is 5.80. The average molecular weight is 335 g/mol. The van der Waals surface area contributed by atoms with Crippen molar-refractivity contribution in [3.63, 3.8) is 0 Å². The molecule has 2 amide bonds. The van der Waals surface area contributed by atoms with E-state index in [0.29, 0.717) is 23.7 Å². The zero-order chi connectivity index (χ0) is 16.7. The number of hydrogen-bond acceptors (Lipinski definition) is 3. The fourth-order valence-electron chi connectivity index (χ4n) is 1.97. The molecule has 2 rings (SSSR count). The smallest absolute Gasteiger partial charge is 0.317 e. The van der Waals surface area contributed by atoms with E-state index in [1.165, 1.54) is 0 Å². The van der Waals surface area contributed by atoms with E-state index >= 15 is 0 Å². The fraction of sp³-hybridized carbons (Fsp3) is 0.235. The summed E-state index contributed by atoms with van der Waals surface area (Å²) in [5.74, 6) is 0.860. The van der Waals surface area contributed by atoms with Crippen molar-refractivity contribution in [3.8, 4) is 11.5 Å². The molecule has 1 atom stereocenters. The van der Waals surface area contributed by atoms with Gasteiger partial charge >= 0.3 is 6.03 Å². The summed E-state index contributed by atoms with van der Waals surface area (Å²) in [6, 6.07) is 13.5. The normalized spacial score (nSPS) is 11.6. The number of benzene rings is 2. The van der Waals surface area contributed by atoms with Crippen LogP contribution in [0.2, 0.25) is 5.02 Å². The molecule has 6 heteroatoms. The first kappa shape index (κ1) is 17.0. The molecule has 0 heterocycles. The van der Waals surface area contributed by atoms with E-state index in [2.05, 4.69) is 10.6 Å². The van der Waals surface area contributed by atoms with Crippen molar-refractivity contribution in [2.45, 2.75) is 19.6 Å². The van der Waals surface area contributed by atoms with Crippen LogP contribution in [0.3, 0.4) is 0 Å². The number of amides is 2. The van der Waals surface area contributed by atoms with Gasteiger partial charge in [0.1, 0.15) is 11.5 Å². The third kappa shape index (κ3) is 6.08. The number of ether oxygens (including phenoxy) is 1. The van der Waals surface area contributed by atoms with Gasteiger partial charge in [-0.05, 0) is 55.3 Å². The standard InChI is InChI=1S/C17H19ClN2O3/c1-12(23-16-8-4-14(18)5-9-16)20-17(22)19-11-10-13-2-6-15(21)7-3-13/h2-9,12,21H,10-11H2,1H3,(H2,19,20,22). The molecule has 0 aliphatic heterocycles. The second-order valence-electron chi connectivity index (χ2n) is 5.03. The summed E-state index contributed by atoms with van der Waals surface area (Å²) in [6.45, 7) is 2.23. The van der Waals surface area contributed by atoms with Crippen molar-refractivity contribution >= 4 is 17.6 Å². The van der Waals surface area contributed by atoms with E-state index in [-0.39, 0.29) is 11.8 Å². The van der Waals surface area contributed by atoms with Gasteiger partial charge in [0.05, 0.1) is 0 Å². The summed E-state index contributed by atoms with van der Waals surface area (Å²) in [6.07, 6.45) is 0.213. The monoisotopic (exact) mass is 334 g/mol. The summed E-state index contributed by atoms with van der Waals surface area (Å²) in [7, 11) is 0. The van der Waals surface area contributed by atoms with Crippen molar-refractivity contribution < 1.29 is 14.6 Å². The van der Waals surface area contributed by atoms with Crippen molar-refractivity contribution in [1.82, 2.24) is 10.6 Å². The summed E-state index contributed by atoms with van der Waals surface area (Å²) < 4.78 is 5.56. The highest BCUT2D eigenvalue weighted by atomic mass is 35.5. The molecule has 122 valence electrons. The predicted molar refractivity (Wildman–Crippen MR) is 89.9 cm³/mol. The lowest BCUT2D eigenvalue weighted by molar-refractivity contribution is 0.177. The molecule has 0 saturated heterocycles. The second-order valence-corrected chi connectivity index (χ2v) is 5.47. The van der Waals surface area contributed by atoms with Crippen LogP contribution in [0.15, 0.2) is 48.5 Å². The molecule has 23 heavy (non-hydrogen) atoms. The zero-order valence-electron chi connectivity index (χ0n) is 12.8. The molecule has 0 radical (unpaired) electrons. The Morgan fingerprint density at radius 1 is 1.17 bits per heavy atom. The van der Waals surface area contributed by atoms with Gasteiger partial charge in [-0.25, -0.2) is 4.79 Å². The quantitative estimate of drug-likeness (QED) is 0.710. The molecule has 0 aromatic heterocycles. The number of nitrogens with one attached hydrogen (secondary N) is 2. The van der Waals surface area contributed by atoms with Crippen LogP contribution in [-0.2, 0) is 6.42 Å². The minimum Gasteiger partial charge on any atom is -0.508 e. The maximum atomic E-state index is 11.8. The van der Waals surface area contributed by atoms with Gasteiger partial charge in [-0.2, -0.15) is 0 Å². The lowest BCUT2D eigenvalue weighted by Gasteiger charge is -2.16. The largest absolute Gasteiger partial charge is 0.508 e. The number of phenolic OH excluding ortho intramolecular Hbond substituents is 1. The second kappa shape index (κ2) is 8.29. The SMILES string of the molecule is CC(NC(=O)NCCc1ccc(O)cc1)Oc1ccc(Cl)cc1. The molecule has 0 spiro atoms. The minimum atomic E-state index is -0.468. The summed E-state index contributed by atoms with van der Waals surface area (Å²) in [5, 5.41) is 15.3. The molecular weight excluding hydrogens is 316 g/mol. The van der Waals surface area contributed by atoms with E-state index in [4.69, 9.17) is 16.3 Å². The number of aromatic hydroxyl groups is 1. The van der Waals surface area contributed by atoms with Crippen LogP contribution in [0.1, 0.15) is 12.5 Å². The molecule has 0 bridgehead atoms. The first-order chi connectivity index (χ1) is 11.0. The molecule has 1 unspecified atom stereocenters. The molecule has 2 aromatic carbocycles. The molecule has 3 N–H and O–H groups in total. The lowest BCUT2D eigenvalue weighted by atomic mass is 10.1. The highest BCUT2D eigenvalue weighted by Gasteiger charge is 2.08. The van der Waals surface area contributed by atoms with Crippen LogP contribution < -0.4 is 15.4 Å². The molecule has 2 aromatic rings. The Hall–Kier alpha value is -2.40. The van der Waals surface area contributed by atoms with Crippen LogP contribution in [-0.4, -0.2) is 23.9 Å². The van der Waals surface area contributed by atoms with Gasteiger partial charge in [-0.1, -0.05) is 23.7 Å². The number of phenols is 1. The summed E-state index contributed by atoms with van der Waals surface area (Å²) in [5.41, 5.74) is 1.04. The molecule has 5 nitrogen and oxygen atoms in total. The number of halogens is 1. The number of carbonyl (C=O) groups is 1. The predicted octanol–water partition coefficient (Wildman–Crippen LogP) is 3.31. The van der Waals surface area contributed by atoms with E-state index < -0.39 is 6.23 Å². The Morgan fingerprint density at radius 3 is 2.48 bits per heavy atom. The van der Waals surface area contributed by atoms with E-state index in [1.54, 1.807) is 43.3 Å². The highest BCUT2D eigenvalue weighted by Crippen LogP contribution is 2.16. The first-order valence-electron chi connectivity index (χ1n) is 7.27. The minimum absolute atomic E-state index is 0.229. The Labute approximate surface area is 140 Å². The zero-order valence-corrected chi connectivity index (χ0v) is 13.5. The van der Waals surface area contributed by atoms with E-state index in [1.807, 2.05) is 12.1 Å². The molecule has 0 saturated carbocycles. The van der Waals surface area contributed by atoms with Crippen molar-refractivity contribution in [3.05, 3.63) is 59.1 Å². The van der Waals surface area contributed by atoms with Gasteiger partial charge in [0.25, 0.3) is 0 Å². The fourth-order valence-corrected chi connectivity index (χ4v) is 2.09. The highest BCUT2D eigenvalue weighted by molar-refractivity contribution is 6.30. The summed E-state index contributed by atoms with van der Waals surface area (Å²) in [4.78, 5) is 11.8. The number of urea groups is 1. The lowest BCUT2D eigenvalue weighted by Crippen LogP contribution is -2.43. The van der Waals surface area contributed by atoms with Crippen LogP contribution in [0.25, 0.3) is 0 Å². The Kier molecular flexibility index (Phi) is 6.11. The average Bonchev–Trinajstić information content (AvgIpc) is 2.51. The van der Waals surface area contributed by atoms with Crippen LogP contribution in [0.5, 0.6) is 11.5 Å². The van der Waals surface area contributed by atoms with Gasteiger partial charge < -0.3 is 20.5 Å². The van der Waals surface area contributed by atoms with E-state index in [9.17, 15) is 9.90 Å². The molecule has 0 fully saturated rings. The molecular formula is C17H19ClN2O3. The number of rotatable bonds is 6. The Morgan fingerprint density at radius 2 is 1.83 bits per heavy atom. The number of carbonyl (C=O) groups excluding carboxylic acids is 1. The topological polar surface area (TPSA) is 70.6 Å². The maximum Gasteiger partial charge on any atom is 0.317 e. The maximum absolute atomic E-state index is 11.8. The Balaban J connectivity index is 1.69. The van der Waals surface area contributed by atoms with Crippen LogP contribution in [0, 0.1) is 0 Å². The first-order valence-corrected chi connectivity index (χ1v) is 7.65. The van der Waals surface area contributed by atoms with Gasteiger partial charge in [0.15, 0.2) is 6.23 Å². The van der Waals surface area contributed by atoms with Crippen molar-refractivity contribution in [2.75, 3.05) is 6.54 Å². The third-order valence-electron chi connectivity index (χ3n) is 3.10. The Bertz CT molecular complexity index is 629. The van der Waals surface area contributed by atoms with Gasteiger partial charge in [0.2, 0.25) is 0 Å². The molecule has 0 aliphatic rings. The van der Waals surface area contributed by atoms with Crippen LogP contribution in [0.4, 0.5) is 4.79 Å². The van der Waals surface area contributed by atoms with Crippen molar-refractivity contribution in [1.29, 1.82) is 0 Å². The molecule has 0 aliphatic carbocycles. The van der Waals surface area contributed by atoms with E-state index in [0.717, 1.165) is 5.56 Å². The van der Waals surface area contributed by atoms with Crippen LogP contribution >= 0.6 is 11.6 Å². The van der Waals surface area contributed by atoms with Crippen molar-refractivity contribution in [2.24, 2.45) is 0 Å². The third-order valence-corrected chi connectivity index (χ3v) is 3.35. The number of hydrogen-bond donors (Lipinski definition) is 3. The van der Waals surface area contributed by atoms with Gasteiger partial charge in [-0.3, -0.25) is 0 Å². The van der Waals surface area contributed by atoms with Gasteiger partial charge in [0, 0.05) is 11.6 Å².